The summed E-state index contributed by atoms with van der Waals surface area (Å²) in [7, 11) is 4.09. The smallest absolute Gasteiger partial charge is 0.133 e. The highest BCUT2D eigenvalue weighted by Gasteiger charge is 2.12. The molecule has 0 fully saturated rings. The van der Waals surface area contributed by atoms with Crippen molar-refractivity contribution in [1.82, 2.24) is 14.9 Å². The molecule has 3 nitrogen and oxygen atoms in total. The van der Waals surface area contributed by atoms with E-state index in [0.717, 1.165) is 29.9 Å². The van der Waals surface area contributed by atoms with Gasteiger partial charge in [0.15, 0.2) is 0 Å². The summed E-state index contributed by atoms with van der Waals surface area (Å²) in [6, 6.07) is 0. The molecule has 2 rings (SSSR count). The Morgan fingerprint density at radius 1 is 1.25 bits per heavy atom. The molecule has 0 radical (unpaired) electrons. The van der Waals surface area contributed by atoms with Gasteiger partial charge in [-0.15, -0.1) is 0 Å². The largest absolute Gasteiger partial charge is 0.346 e. The lowest BCUT2D eigenvalue weighted by molar-refractivity contribution is 0.389. The van der Waals surface area contributed by atoms with Crippen LogP contribution in [-0.2, 0) is 19.4 Å². The number of fused-ring (bicyclic) bond motifs is 1. The van der Waals surface area contributed by atoms with E-state index in [-0.39, 0.29) is 0 Å². The molecule has 88 valence electrons. The normalized spacial score (nSPS) is 15.9. The highest BCUT2D eigenvalue weighted by molar-refractivity contribution is 7.71. The molecule has 0 aromatic carbocycles. The Balaban J connectivity index is 2.36. The fourth-order valence-electron chi connectivity index (χ4n) is 2.22. The average Bonchev–Trinajstić information content (AvgIpc) is 2.41. The number of aromatic nitrogens is 2. The van der Waals surface area contributed by atoms with Crippen LogP contribution in [0.2, 0.25) is 0 Å². The quantitative estimate of drug-likeness (QED) is 0.633. The summed E-state index contributed by atoms with van der Waals surface area (Å²) in [5.41, 5.74) is 2.62. The third kappa shape index (κ3) is 2.68. The van der Waals surface area contributed by atoms with E-state index in [4.69, 9.17) is 12.2 Å². The van der Waals surface area contributed by atoms with Crippen LogP contribution in [0.1, 0.15) is 36.3 Å². The number of hydrogen-bond donors (Lipinski definition) is 1. The van der Waals surface area contributed by atoms with Crippen molar-refractivity contribution in [3.8, 4) is 0 Å². The van der Waals surface area contributed by atoms with Crippen LogP contribution in [0.25, 0.3) is 0 Å². The first-order valence-corrected chi connectivity index (χ1v) is 6.33. The third-order valence-electron chi connectivity index (χ3n) is 2.97. The third-order valence-corrected chi connectivity index (χ3v) is 3.31. The van der Waals surface area contributed by atoms with Crippen LogP contribution < -0.4 is 0 Å². The number of nitrogens with one attached hydrogen (secondary N) is 1. The molecule has 0 saturated heterocycles. The molecular weight excluding hydrogens is 218 g/mol. The van der Waals surface area contributed by atoms with Gasteiger partial charge in [0.2, 0.25) is 0 Å². The number of aromatic amines is 1. The molecule has 0 spiro atoms. The first-order valence-electron chi connectivity index (χ1n) is 5.92. The second kappa shape index (κ2) is 5.06. The molecule has 1 aromatic rings. The van der Waals surface area contributed by atoms with E-state index >= 15 is 0 Å². The summed E-state index contributed by atoms with van der Waals surface area (Å²) in [5, 5.41) is 0. The molecule has 0 amide bonds. The van der Waals surface area contributed by atoms with Gasteiger partial charge in [-0.3, -0.25) is 0 Å². The van der Waals surface area contributed by atoms with Crippen molar-refractivity contribution < 1.29 is 0 Å². The molecule has 1 heterocycles. The summed E-state index contributed by atoms with van der Waals surface area (Å²) < 4.78 is 0.813. The van der Waals surface area contributed by atoms with Crippen LogP contribution in [0.4, 0.5) is 0 Å². The minimum absolute atomic E-state index is 0.813. The van der Waals surface area contributed by atoms with Crippen LogP contribution in [0.15, 0.2) is 0 Å². The predicted molar refractivity (Wildman–Crippen MR) is 68.1 cm³/mol. The van der Waals surface area contributed by atoms with Crippen molar-refractivity contribution in [1.29, 1.82) is 0 Å². The molecule has 1 N–H and O–H groups in total. The Morgan fingerprint density at radius 2 is 2.00 bits per heavy atom. The van der Waals surface area contributed by atoms with Crippen LogP contribution in [0, 0.1) is 4.64 Å². The van der Waals surface area contributed by atoms with Crippen molar-refractivity contribution >= 4 is 12.2 Å². The number of aryl methyl sites for hydroxylation is 1. The predicted octanol–water partition coefficient (Wildman–Crippen LogP) is 2.47. The van der Waals surface area contributed by atoms with Gasteiger partial charge in [0.25, 0.3) is 0 Å². The topological polar surface area (TPSA) is 31.9 Å². The number of hydrogen-bond acceptors (Lipinski definition) is 3. The molecule has 4 heteroatoms. The van der Waals surface area contributed by atoms with E-state index in [0.29, 0.717) is 0 Å². The number of nitrogens with zero attached hydrogens (tertiary/aromatic N) is 2. The SMILES string of the molecule is CN(C)Cc1nc(=S)c2c([nH]1)CCCCC2. The van der Waals surface area contributed by atoms with Gasteiger partial charge in [-0.25, -0.2) is 4.98 Å². The summed E-state index contributed by atoms with van der Waals surface area (Å²) in [6.45, 7) is 0.830. The van der Waals surface area contributed by atoms with Crippen LogP contribution in [0.5, 0.6) is 0 Å². The number of H-pyrrole nitrogens is 1. The van der Waals surface area contributed by atoms with Crippen LogP contribution >= 0.6 is 12.2 Å². The molecule has 0 bridgehead atoms. The van der Waals surface area contributed by atoms with E-state index in [1.165, 1.54) is 30.5 Å². The Kier molecular flexibility index (Phi) is 3.71. The van der Waals surface area contributed by atoms with Crippen LogP contribution in [0.3, 0.4) is 0 Å². The van der Waals surface area contributed by atoms with E-state index < -0.39 is 0 Å². The summed E-state index contributed by atoms with van der Waals surface area (Å²) in [6.07, 6.45) is 6.05. The van der Waals surface area contributed by atoms with Gasteiger partial charge in [-0.2, -0.15) is 0 Å². The second-order valence-corrected chi connectivity index (χ2v) is 5.13. The second-order valence-electron chi connectivity index (χ2n) is 4.74. The Morgan fingerprint density at radius 3 is 2.75 bits per heavy atom. The van der Waals surface area contributed by atoms with Gasteiger partial charge in [-0.1, -0.05) is 18.6 Å². The molecule has 1 aliphatic carbocycles. The molecule has 0 aliphatic heterocycles. The molecule has 1 aliphatic rings. The van der Waals surface area contributed by atoms with E-state index in [2.05, 4.69) is 14.9 Å². The highest BCUT2D eigenvalue weighted by Crippen LogP contribution is 2.19. The van der Waals surface area contributed by atoms with E-state index in [1.54, 1.807) is 0 Å². The van der Waals surface area contributed by atoms with Gasteiger partial charge in [0.1, 0.15) is 10.5 Å². The first-order chi connectivity index (χ1) is 7.66. The minimum atomic E-state index is 0.813. The molecule has 0 unspecified atom stereocenters. The molecule has 1 aromatic heterocycles. The monoisotopic (exact) mass is 237 g/mol. The highest BCUT2D eigenvalue weighted by atomic mass is 32.1. The van der Waals surface area contributed by atoms with Gasteiger partial charge >= 0.3 is 0 Å². The molecular formula is C12H19N3S. The maximum absolute atomic E-state index is 5.39. The van der Waals surface area contributed by atoms with E-state index in [9.17, 15) is 0 Å². The zero-order valence-electron chi connectivity index (χ0n) is 10.0. The Bertz CT molecular complexity index is 423. The standard InChI is InChI=1S/C12H19N3S/c1-15(2)8-11-13-10-7-5-3-4-6-9(10)12(16)14-11/h3-8H2,1-2H3,(H,13,14,16). The van der Waals surface area contributed by atoms with E-state index in [1.807, 2.05) is 14.1 Å². The zero-order valence-corrected chi connectivity index (χ0v) is 10.9. The minimum Gasteiger partial charge on any atom is -0.346 e. The maximum atomic E-state index is 5.39. The van der Waals surface area contributed by atoms with Crippen molar-refractivity contribution in [2.24, 2.45) is 0 Å². The number of rotatable bonds is 2. The Labute approximate surface area is 102 Å². The lowest BCUT2D eigenvalue weighted by Crippen LogP contribution is -2.15. The first kappa shape index (κ1) is 11.7. The van der Waals surface area contributed by atoms with Crippen molar-refractivity contribution in [3.05, 3.63) is 21.7 Å². The molecule has 0 atom stereocenters. The molecule has 0 saturated carbocycles. The van der Waals surface area contributed by atoms with Gasteiger partial charge in [-0.05, 0) is 39.8 Å². The lowest BCUT2D eigenvalue weighted by Gasteiger charge is -2.12. The maximum Gasteiger partial charge on any atom is 0.133 e. The lowest BCUT2D eigenvalue weighted by atomic mass is 10.1. The summed E-state index contributed by atoms with van der Waals surface area (Å²) in [5.74, 6) is 0.996. The Hall–Kier alpha value is -0.740. The van der Waals surface area contributed by atoms with Crippen LogP contribution in [-0.4, -0.2) is 29.0 Å². The fraction of sp³-hybridized carbons (Fsp3) is 0.667. The summed E-state index contributed by atoms with van der Waals surface area (Å²) >= 11 is 5.39. The molecule has 16 heavy (non-hydrogen) atoms. The van der Waals surface area contributed by atoms with Gasteiger partial charge in [0.05, 0.1) is 6.54 Å². The fourth-order valence-corrected chi connectivity index (χ4v) is 2.56. The average molecular weight is 237 g/mol. The van der Waals surface area contributed by atoms with Crippen molar-refractivity contribution in [2.75, 3.05) is 14.1 Å². The van der Waals surface area contributed by atoms with Gasteiger partial charge in [0, 0.05) is 11.3 Å². The van der Waals surface area contributed by atoms with Gasteiger partial charge < -0.3 is 9.88 Å². The van der Waals surface area contributed by atoms with Crippen molar-refractivity contribution in [2.45, 2.75) is 38.6 Å². The zero-order chi connectivity index (χ0) is 11.5. The van der Waals surface area contributed by atoms with Crippen molar-refractivity contribution in [3.63, 3.8) is 0 Å². The summed E-state index contributed by atoms with van der Waals surface area (Å²) in [4.78, 5) is 10.1.